The number of hydrogen-bond acceptors (Lipinski definition) is 0. The van der Waals surface area contributed by atoms with Crippen molar-refractivity contribution in [3.05, 3.63) is 0 Å². The van der Waals surface area contributed by atoms with Crippen molar-refractivity contribution >= 4 is 27.0 Å². The van der Waals surface area contributed by atoms with E-state index < -0.39 is 0 Å². The van der Waals surface area contributed by atoms with Gasteiger partial charge in [0.2, 0.25) is 0 Å². The van der Waals surface area contributed by atoms with Gasteiger partial charge >= 0.3 is 29.6 Å². The summed E-state index contributed by atoms with van der Waals surface area (Å²) in [4.78, 5) is 0. The van der Waals surface area contributed by atoms with E-state index in [-0.39, 0.29) is 107 Å². The van der Waals surface area contributed by atoms with Crippen LogP contribution in [0.15, 0.2) is 0 Å². The van der Waals surface area contributed by atoms with Crippen molar-refractivity contribution < 1.29 is 80.3 Å². The van der Waals surface area contributed by atoms with Crippen molar-refractivity contribution in [2.45, 2.75) is 0 Å². The molecule has 0 saturated carbocycles. The van der Waals surface area contributed by atoms with Gasteiger partial charge in [-0.15, -0.1) is 0 Å². The van der Waals surface area contributed by atoms with Crippen LogP contribution in [0.4, 0.5) is 0 Å². The van der Waals surface area contributed by atoms with Crippen LogP contribution in [-0.4, -0.2) is 49.3 Å². The summed E-state index contributed by atoms with van der Waals surface area (Å²) in [5.74, 6) is 0. The Morgan fingerprint density at radius 2 is 0.333 bits per heavy atom. The van der Waals surface area contributed by atoms with Gasteiger partial charge in [-0.25, -0.2) is 0 Å². The molecule has 18 N–H and O–H groups in total. The van der Waals surface area contributed by atoms with Crippen molar-refractivity contribution in [2.75, 3.05) is 0 Å². The third-order valence-electron chi connectivity index (χ3n) is 0. The smallest absolute Gasteiger partial charge is 1.00 e. The predicted molar refractivity (Wildman–Crippen MR) is 54.4 cm³/mol. The average molecular weight is 254 g/mol. The van der Waals surface area contributed by atoms with Crippen LogP contribution in [0.25, 0.3) is 0 Å². The van der Waals surface area contributed by atoms with E-state index in [1.807, 2.05) is 0 Å². The molecule has 0 bridgehead atoms. The molecule has 0 heterocycles. The maximum Gasteiger partial charge on any atom is 1.00 e. The molecular formula is H23NaO9S2. The van der Waals surface area contributed by atoms with E-state index >= 15 is 0 Å². The molecule has 0 spiro atoms. The van der Waals surface area contributed by atoms with Crippen molar-refractivity contribution in [2.24, 2.45) is 0 Å². The first kappa shape index (κ1) is 1130. The standard InChI is InChI=1S/Na.9H2O.2H2S.H/h;11*1H2;/q+1;;;;;;;;;;;;-1. The molecule has 0 aromatic carbocycles. The van der Waals surface area contributed by atoms with Crippen LogP contribution >= 0.6 is 27.0 Å². The van der Waals surface area contributed by atoms with Gasteiger partial charge in [-0.3, -0.25) is 0 Å². The topological polar surface area (TPSA) is 284 Å². The zero-order valence-electron chi connectivity index (χ0n) is 7.50. The van der Waals surface area contributed by atoms with Crippen LogP contribution < -0.4 is 29.6 Å². The quantitative estimate of drug-likeness (QED) is 0.363. The van der Waals surface area contributed by atoms with Crippen LogP contribution in [0.1, 0.15) is 1.43 Å². The van der Waals surface area contributed by atoms with E-state index in [1.165, 1.54) is 0 Å². The summed E-state index contributed by atoms with van der Waals surface area (Å²) in [5.41, 5.74) is 0. The van der Waals surface area contributed by atoms with E-state index in [1.54, 1.807) is 0 Å². The van der Waals surface area contributed by atoms with Gasteiger partial charge in [-0.05, 0) is 0 Å². The van der Waals surface area contributed by atoms with E-state index in [9.17, 15) is 0 Å². The summed E-state index contributed by atoms with van der Waals surface area (Å²) in [5, 5.41) is 0. The molecule has 0 aliphatic heterocycles. The summed E-state index contributed by atoms with van der Waals surface area (Å²) in [6, 6.07) is 0. The SMILES string of the molecule is O.O.O.O.O.O.O.O.O.S.S.[H-].[Na+]. The Morgan fingerprint density at radius 3 is 0.333 bits per heavy atom. The normalized spacial score (nSPS) is 0. The molecule has 0 aliphatic carbocycles. The van der Waals surface area contributed by atoms with E-state index in [0.717, 1.165) is 0 Å². The van der Waals surface area contributed by atoms with Gasteiger partial charge in [-0.1, -0.05) is 0 Å². The van der Waals surface area contributed by atoms with Crippen molar-refractivity contribution in [3.8, 4) is 0 Å². The van der Waals surface area contributed by atoms with Crippen molar-refractivity contribution in [1.82, 2.24) is 0 Å². The van der Waals surface area contributed by atoms with Crippen molar-refractivity contribution in [3.63, 3.8) is 0 Å². The van der Waals surface area contributed by atoms with Gasteiger partial charge in [0.05, 0.1) is 0 Å². The molecule has 0 aromatic rings. The largest absolute Gasteiger partial charge is 1.00 e. The predicted octanol–water partition coefficient (Wildman–Crippen LogP) is -10.1. The van der Waals surface area contributed by atoms with Gasteiger partial charge in [-0.2, -0.15) is 27.0 Å². The first-order valence-corrected chi connectivity index (χ1v) is 0. The van der Waals surface area contributed by atoms with Gasteiger partial charge in [0.15, 0.2) is 0 Å². The van der Waals surface area contributed by atoms with Gasteiger partial charge in [0.25, 0.3) is 0 Å². The molecule has 0 rings (SSSR count). The Labute approximate surface area is 107 Å². The van der Waals surface area contributed by atoms with Crippen LogP contribution in [-0.2, 0) is 0 Å². The average Bonchev–Trinajstić information content (AvgIpc) is 0. The van der Waals surface area contributed by atoms with E-state index in [4.69, 9.17) is 0 Å². The van der Waals surface area contributed by atoms with Gasteiger partial charge in [0.1, 0.15) is 0 Å². The Morgan fingerprint density at radius 1 is 0.333 bits per heavy atom. The van der Waals surface area contributed by atoms with Gasteiger partial charge in [0, 0.05) is 0 Å². The van der Waals surface area contributed by atoms with Crippen LogP contribution in [0.5, 0.6) is 0 Å². The second-order valence-electron chi connectivity index (χ2n) is 0. The van der Waals surface area contributed by atoms with E-state index in [2.05, 4.69) is 0 Å². The molecule has 90 valence electrons. The molecule has 0 saturated heterocycles. The maximum atomic E-state index is 0. The summed E-state index contributed by atoms with van der Waals surface area (Å²) < 4.78 is 0. The molecule has 9 nitrogen and oxygen atoms in total. The fraction of sp³-hybridized carbons (Fsp3) is 0. The molecule has 0 radical (unpaired) electrons. The third-order valence-corrected chi connectivity index (χ3v) is 0. The zero-order valence-corrected chi connectivity index (χ0v) is 10.5. The van der Waals surface area contributed by atoms with Crippen LogP contribution in [0, 0.1) is 0 Å². The molecule has 12 heavy (non-hydrogen) atoms. The minimum absolute atomic E-state index is 0. The summed E-state index contributed by atoms with van der Waals surface area (Å²) >= 11 is 0. The Kier molecular flexibility index (Phi) is 83300. The third kappa shape index (κ3) is 675. The second-order valence-corrected chi connectivity index (χ2v) is 0. The molecule has 0 unspecified atom stereocenters. The van der Waals surface area contributed by atoms with Crippen LogP contribution in [0.2, 0.25) is 0 Å². The number of hydrogen-bond donors (Lipinski definition) is 0. The Bertz CT molecular complexity index is 17.6. The maximum absolute atomic E-state index is 0. The summed E-state index contributed by atoms with van der Waals surface area (Å²) in [6.45, 7) is 0. The molecule has 0 atom stereocenters. The molecule has 12 heteroatoms. The minimum atomic E-state index is 0. The minimum Gasteiger partial charge on any atom is -1.00 e. The molecule has 0 fully saturated rings. The van der Waals surface area contributed by atoms with E-state index in [0.29, 0.717) is 0 Å². The second kappa shape index (κ2) is 884. The Balaban J connectivity index is 0. The van der Waals surface area contributed by atoms with Gasteiger partial charge < -0.3 is 50.7 Å². The monoisotopic (exact) mass is 254 g/mol. The first-order chi connectivity index (χ1) is 0. The fourth-order valence-electron chi connectivity index (χ4n) is 0. The molecule has 0 aliphatic rings. The fourth-order valence-corrected chi connectivity index (χ4v) is 0. The zero-order chi connectivity index (χ0) is 0. The Hall–Kier alpha value is 1.34. The molecule has 0 aromatic heterocycles. The number of rotatable bonds is 0. The summed E-state index contributed by atoms with van der Waals surface area (Å²) in [6.07, 6.45) is 0. The molecule has 0 amide bonds. The van der Waals surface area contributed by atoms with Crippen molar-refractivity contribution in [1.29, 1.82) is 0 Å². The molecular weight excluding hydrogens is 231 g/mol. The summed E-state index contributed by atoms with van der Waals surface area (Å²) in [7, 11) is 0. The van der Waals surface area contributed by atoms with Crippen LogP contribution in [0.3, 0.4) is 0 Å². The first-order valence-electron chi connectivity index (χ1n) is 0.